The van der Waals surface area contributed by atoms with Crippen LogP contribution in [-0.2, 0) is 70.9 Å². The minimum atomic E-state index is -1.71. The topological polar surface area (TPSA) is 254 Å². The fourth-order valence-electron chi connectivity index (χ4n) is 7.53. The van der Waals surface area contributed by atoms with Gasteiger partial charge in [0.05, 0.1) is 69.1 Å². The minimum Gasteiger partial charge on any atom is -0.431 e. The summed E-state index contributed by atoms with van der Waals surface area (Å²) in [6.07, 6.45) is 17.7. The molecule has 1 fully saturated rings. The molecule has 0 amide bonds. The summed E-state index contributed by atoms with van der Waals surface area (Å²) in [5, 5.41) is 10.4. The Labute approximate surface area is 617 Å². The highest BCUT2D eigenvalue weighted by molar-refractivity contribution is 6.75. The molecular formula is C73H144N12O11Si5. The number of H-pyrrole nitrogens is 1. The van der Waals surface area contributed by atoms with Gasteiger partial charge in [0.1, 0.15) is 25.6 Å². The number of aromatic nitrogens is 12. The SMILES string of the molecule is C.C.C.Cc1cn(CCO[Si](C)(C)C(C)(C)C)c(C=O)n1.Cc1cn(CCO[Si](C)(C)C(C)(C)C)c(CO)n1.Cc1cn(CCO[Si](C)(C)C(C)(C)C)cn1.Cc1cnc(C=O)n1CCO[Si](C)(C)C(C)(C)C.Cc1cnc[nH]1.Cc1cncn1CCO[Si](C)(C)C(C)(C)C.O=C1OCCO1. The molecule has 0 saturated carbocycles. The van der Waals surface area contributed by atoms with Crippen LogP contribution in [0.15, 0.2) is 56.2 Å². The zero-order valence-corrected chi connectivity index (χ0v) is 71.5. The third kappa shape index (κ3) is 35.8. The van der Waals surface area contributed by atoms with Gasteiger partial charge >= 0.3 is 6.16 Å². The van der Waals surface area contributed by atoms with E-state index < -0.39 is 47.7 Å². The number of aliphatic hydroxyl groups excluding tert-OH is 1. The Kier molecular flexibility index (Phi) is 43.4. The summed E-state index contributed by atoms with van der Waals surface area (Å²) in [6, 6.07) is 0. The molecule has 101 heavy (non-hydrogen) atoms. The van der Waals surface area contributed by atoms with Crippen LogP contribution in [0.1, 0.15) is 187 Å². The Morgan fingerprint density at radius 3 is 1.20 bits per heavy atom. The predicted molar refractivity (Wildman–Crippen MR) is 428 cm³/mol. The Morgan fingerprint density at radius 2 is 0.871 bits per heavy atom. The molecule has 7 heterocycles. The maximum atomic E-state index is 10.8. The van der Waals surface area contributed by atoms with Gasteiger partial charge in [0.25, 0.3) is 0 Å². The van der Waals surface area contributed by atoms with Crippen molar-refractivity contribution in [2.75, 3.05) is 46.2 Å². The molecule has 0 aromatic carbocycles. The van der Waals surface area contributed by atoms with E-state index in [9.17, 15) is 19.5 Å². The Morgan fingerprint density at radius 1 is 0.475 bits per heavy atom. The number of hydrogen-bond acceptors (Lipinski definition) is 17. The number of nitrogens with zero attached hydrogens (tertiary/aromatic N) is 11. The zero-order valence-electron chi connectivity index (χ0n) is 66.5. The lowest BCUT2D eigenvalue weighted by atomic mass is 10.2. The molecule has 0 spiro atoms. The standard InChI is InChI=1S/C13H26N2O2Si.2C13H24N2O2Si.2C12H24N2OSi.C4H6N2.C3H4O3.3CH4/c2*1-11-9-15(12(10-16)14-11)7-8-17-18(5,6)13(2,3)4;1-11-9-14-12(10-16)15(11)7-8-17-18(5,6)13(2,3)4;1-11-9-14(10-13-11)7-8-15-16(5,6)12(2,3)4;1-11-9-13-10-14(11)7-8-15-16(5,6)12(2,3)4;1-4-2-5-3-6-4;4-3-5-1-2-6-3;;;/h9,16H,7-8,10H2,1-6H3;2*9-10H,7-8H2,1-6H3;2*9-10H,7-8H2,1-6H3;2-3H,1H3,(H,5,6);1-2H2;3*1H4. The van der Waals surface area contributed by atoms with Crippen molar-refractivity contribution in [3.63, 3.8) is 0 Å². The van der Waals surface area contributed by atoms with Crippen molar-refractivity contribution in [3.8, 4) is 0 Å². The molecule has 7 rings (SSSR count). The van der Waals surface area contributed by atoms with E-state index in [1.54, 1.807) is 18.7 Å². The first kappa shape index (κ1) is 99.9. The number of aliphatic hydroxyl groups is 1. The van der Waals surface area contributed by atoms with E-state index in [4.69, 9.17) is 22.1 Å². The molecule has 0 radical (unpaired) electrons. The number of aldehydes is 2. The smallest absolute Gasteiger partial charge is 0.431 e. The van der Waals surface area contributed by atoms with Gasteiger partial charge in [0.15, 0.2) is 65.8 Å². The molecule has 2 N–H and O–H groups in total. The molecular weight excluding hydrogens is 1360 g/mol. The molecule has 1 aliphatic rings. The van der Waals surface area contributed by atoms with Gasteiger partial charge in [-0.3, -0.25) is 9.59 Å². The number of carbonyl (C=O) groups excluding carboxylic acids is 3. The largest absolute Gasteiger partial charge is 0.508 e. The van der Waals surface area contributed by atoms with Gasteiger partial charge in [-0.1, -0.05) is 126 Å². The molecule has 0 unspecified atom stereocenters. The number of rotatable bonds is 23. The molecule has 0 atom stereocenters. The van der Waals surface area contributed by atoms with E-state index in [1.165, 1.54) is 5.69 Å². The van der Waals surface area contributed by atoms with E-state index >= 15 is 0 Å². The third-order valence-electron chi connectivity index (χ3n) is 19.2. The number of nitrogens with one attached hydrogen (secondary N) is 1. The lowest BCUT2D eigenvalue weighted by Gasteiger charge is -2.36. The maximum absolute atomic E-state index is 10.8. The highest BCUT2D eigenvalue weighted by atomic mass is 28.4. The first-order valence-corrected chi connectivity index (χ1v) is 48.8. The van der Waals surface area contributed by atoms with Crippen molar-refractivity contribution in [2.24, 2.45) is 0 Å². The molecule has 0 bridgehead atoms. The van der Waals surface area contributed by atoms with Crippen molar-refractivity contribution in [1.29, 1.82) is 0 Å². The van der Waals surface area contributed by atoms with Crippen LogP contribution >= 0.6 is 0 Å². The summed E-state index contributed by atoms with van der Waals surface area (Å²) in [5.74, 6) is 1.67. The number of ether oxygens (including phenoxy) is 2. The molecule has 23 nitrogen and oxygen atoms in total. The van der Waals surface area contributed by atoms with Crippen LogP contribution in [0, 0.1) is 41.5 Å². The summed E-state index contributed by atoms with van der Waals surface area (Å²) < 4.78 is 49.0. The minimum absolute atomic E-state index is 0. The molecule has 1 aliphatic heterocycles. The van der Waals surface area contributed by atoms with Gasteiger partial charge in [0, 0.05) is 87.0 Å². The number of cyclic esters (lactones) is 2. The summed E-state index contributed by atoms with van der Waals surface area (Å²) in [6.45, 7) is 76.2. The number of imidazole rings is 6. The first-order valence-electron chi connectivity index (χ1n) is 34.3. The number of aromatic amines is 1. The van der Waals surface area contributed by atoms with Crippen molar-refractivity contribution in [1.82, 2.24) is 57.7 Å². The average molecular weight is 1510 g/mol. The van der Waals surface area contributed by atoms with Crippen molar-refractivity contribution >= 4 is 60.3 Å². The Balaban J connectivity index is -0.00000113. The van der Waals surface area contributed by atoms with Crippen molar-refractivity contribution < 1.29 is 51.1 Å². The third-order valence-corrected chi connectivity index (χ3v) is 41.9. The lowest BCUT2D eigenvalue weighted by Crippen LogP contribution is -2.41. The predicted octanol–water partition coefficient (Wildman–Crippen LogP) is 18.0. The lowest BCUT2D eigenvalue weighted by molar-refractivity contribution is 0.110. The second kappa shape index (κ2) is 43.9. The monoisotopic (exact) mass is 1500 g/mol. The zero-order chi connectivity index (χ0) is 75.5. The van der Waals surface area contributed by atoms with Gasteiger partial charge in [-0.25, -0.2) is 34.7 Å². The van der Waals surface area contributed by atoms with Crippen LogP contribution in [0.5, 0.6) is 0 Å². The normalized spacial score (nSPS) is 12.7. The first-order chi connectivity index (χ1) is 44.8. The van der Waals surface area contributed by atoms with E-state index in [-0.39, 0.29) is 54.1 Å². The summed E-state index contributed by atoms with van der Waals surface area (Å²) >= 11 is 0. The number of carbonyl (C=O) groups is 3. The van der Waals surface area contributed by atoms with Crippen molar-refractivity contribution in [2.45, 2.75) is 298 Å². The highest BCUT2D eigenvalue weighted by Gasteiger charge is 2.40. The van der Waals surface area contributed by atoms with Crippen LogP contribution in [0.25, 0.3) is 0 Å². The van der Waals surface area contributed by atoms with Gasteiger partial charge in [-0.2, -0.15) is 0 Å². The Hall–Kier alpha value is -5.29. The molecule has 0 aliphatic carbocycles. The van der Waals surface area contributed by atoms with E-state index in [1.807, 2.05) is 79.6 Å². The second-order valence-corrected chi connectivity index (χ2v) is 56.5. The summed E-state index contributed by atoms with van der Waals surface area (Å²) in [4.78, 5) is 58.9. The van der Waals surface area contributed by atoms with Gasteiger partial charge < -0.3 is 64.5 Å². The van der Waals surface area contributed by atoms with Crippen LogP contribution in [0.2, 0.25) is 90.7 Å². The number of hydrogen-bond donors (Lipinski definition) is 2. The van der Waals surface area contributed by atoms with Crippen LogP contribution in [-0.4, -0.2) is 169 Å². The summed E-state index contributed by atoms with van der Waals surface area (Å²) in [7, 11) is -8.26. The fraction of sp³-hybridized carbons (Fsp3) is 0.712. The van der Waals surface area contributed by atoms with E-state index in [0.29, 0.717) is 63.6 Å². The highest BCUT2D eigenvalue weighted by Crippen LogP contribution is 2.40. The quantitative estimate of drug-likeness (QED) is 0.0343. The van der Waals surface area contributed by atoms with Crippen molar-refractivity contribution in [3.05, 3.63) is 108 Å². The maximum Gasteiger partial charge on any atom is 0.508 e. The van der Waals surface area contributed by atoms with Crippen LogP contribution in [0.3, 0.4) is 0 Å². The molecule has 6 aromatic rings. The fourth-order valence-corrected chi connectivity index (χ4v) is 12.7. The van der Waals surface area contributed by atoms with E-state index in [0.717, 1.165) is 73.9 Å². The molecule has 28 heteroatoms. The van der Waals surface area contributed by atoms with Gasteiger partial charge in [-0.05, 0) is 132 Å². The summed E-state index contributed by atoms with van der Waals surface area (Å²) in [5.41, 5.74) is 6.16. The molecule has 6 aromatic heterocycles. The average Bonchev–Trinajstić information content (AvgIpc) is 1.25. The Bertz CT molecular complexity index is 3230. The molecule has 1 saturated heterocycles. The molecule has 582 valence electrons. The van der Waals surface area contributed by atoms with Crippen LogP contribution in [0.4, 0.5) is 4.79 Å². The van der Waals surface area contributed by atoms with Crippen LogP contribution < -0.4 is 0 Å². The van der Waals surface area contributed by atoms with E-state index in [2.05, 4.69) is 236 Å². The second-order valence-electron chi connectivity index (χ2n) is 32.4. The van der Waals surface area contributed by atoms with Gasteiger partial charge in [-0.15, -0.1) is 0 Å². The number of aryl methyl sites for hydroxylation is 6. The van der Waals surface area contributed by atoms with Gasteiger partial charge in [0.2, 0.25) is 0 Å².